The average Bonchev–Trinajstić information content (AvgIpc) is 3.10. The smallest absolute Gasteiger partial charge is 0.261 e. The van der Waals surface area contributed by atoms with Crippen molar-refractivity contribution in [3.63, 3.8) is 0 Å². The van der Waals surface area contributed by atoms with E-state index in [0.717, 1.165) is 36.3 Å². The first-order chi connectivity index (χ1) is 12.1. The highest BCUT2D eigenvalue weighted by Crippen LogP contribution is 2.33. The van der Waals surface area contributed by atoms with Crippen molar-refractivity contribution in [2.24, 2.45) is 0 Å². The van der Waals surface area contributed by atoms with E-state index in [2.05, 4.69) is 0 Å². The lowest BCUT2D eigenvalue weighted by atomic mass is 10.0. The summed E-state index contributed by atoms with van der Waals surface area (Å²) in [6.45, 7) is 2.72. The number of hydrogen-bond acceptors (Lipinski definition) is 3. The van der Waals surface area contributed by atoms with E-state index in [1.165, 1.54) is 0 Å². The highest BCUT2D eigenvalue weighted by molar-refractivity contribution is 6.30. The van der Waals surface area contributed by atoms with Gasteiger partial charge in [-0.05, 0) is 61.2 Å². The van der Waals surface area contributed by atoms with Gasteiger partial charge in [-0.3, -0.25) is 4.79 Å². The van der Waals surface area contributed by atoms with E-state index in [1.54, 1.807) is 19.2 Å². The van der Waals surface area contributed by atoms with E-state index in [0.29, 0.717) is 10.8 Å². The molecule has 0 N–H and O–H groups in total. The first kappa shape index (κ1) is 17.6. The Kier molecular flexibility index (Phi) is 5.49. The molecule has 2 aromatic rings. The zero-order valence-corrected chi connectivity index (χ0v) is 15.3. The Morgan fingerprint density at radius 3 is 2.68 bits per heavy atom. The number of carbonyl (C=O) groups excluding carboxylic acids is 1. The summed E-state index contributed by atoms with van der Waals surface area (Å²) in [5, 5.41) is 0.662. The SMILES string of the molecule is COc1ccc([C@@H]2CCCN2C(=O)COc2ccc(Cl)cc2C)cc1. The number of aryl methyl sites for hydroxylation is 1. The summed E-state index contributed by atoms with van der Waals surface area (Å²) in [6, 6.07) is 13.4. The van der Waals surface area contributed by atoms with Crippen LogP contribution in [0.4, 0.5) is 0 Å². The second kappa shape index (κ2) is 7.79. The number of amides is 1. The summed E-state index contributed by atoms with van der Waals surface area (Å²) in [5.74, 6) is 1.52. The minimum Gasteiger partial charge on any atom is -0.497 e. The number of methoxy groups -OCH3 is 1. The highest BCUT2D eigenvalue weighted by atomic mass is 35.5. The van der Waals surface area contributed by atoms with Crippen molar-refractivity contribution < 1.29 is 14.3 Å². The van der Waals surface area contributed by atoms with Crippen LogP contribution in [0.1, 0.15) is 30.0 Å². The van der Waals surface area contributed by atoms with E-state index >= 15 is 0 Å². The van der Waals surface area contributed by atoms with Gasteiger partial charge in [-0.25, -0.2) is 0 Å². The average molecular weight is 360 g/mol. The van der Waals surface area contributed by atoms with Crippen LogP contribution in [0.5, 0.6) is 11.5 Å². The van der Waals surface area contributed by atoms with Gasteiger partial charge < -0.3 is 14.4 Å². The van der Waals surface area contributed by atoms with Gasteiger partial charge >= 0.3 is 0 Å². The van der Waals surface area contributed by atoms with E-state index in [4.69, 9.17) is 21.1 Å². The molecule has 0 saturated carbocycles. The first-order valence-electron chi connectivity index (χ1n) is 8.41. The fraction of sp³-hybridized carbons (Fsp3) is 0.350. The van der Waals surface area contributed by atoms with Gasteiger partial charge in [0.2, 0.25) is 0 Å². The Balaban J connectivity index is 1.65. The number of carbonyl (C=O) groups is 1. The summed E-state index contributed by atoms with van der Waals surface area (Å²) >= 11 is 5.95. The minimum absolute atomic E-state index is 0.00710. The van der Waals surface area contributed by atoms with Gasteiger partial charge in [-0.2, -0.15) is 0 Å². The molecule has 132 valence electrons. The standard InChI is InChI=1S/C20H22ClNO3/c1-14-12-16(21)7-10-19(14)25-13-20(23)22-11-3-4-18(22)15-5-8-17(24-2)9-6-15/h5-10,12,18H,3-4,11,13H2,1-2H3/t18-/m0/s1. The lowest BCUT2D eigenvalue weighted by Crippen LogP contribution is -2.34. The summed E-state index contributed by atoms with van der Waals surface area (Å²) in [5.41, 5.74) is 2.06. The van der Waals surface area contributed by atoms with Gasteiger partial charge in [0.15, 0.2) is 6.61 Å². The van der Waals surface area contributed by atoms with Gasteiger partial charge in [0.1, 0.15) is 11.5 Å². The van der Waals surface area contributed by atoms with Crippen molar-refractivity contribution >= 4 is 17.5 Å². The lowest BCUT2D eigenvalue weighted by Gasteiger charge is -2.25. The summed E-state index contributed by atoms with van der Waals surface area (Å²) < 4.78 is 10.9. The minimum atomic E-state index is 0.00710. The zero-order valence-electron chi connectivity index (χ0n) is 14.5. The molecule has 1 atom stereocenters. The third-order valence-electron chi connectivity index (χ3n) is 4.56. The molecule has 0 radical (unpaired) electrons. The maximum atomic E-state index is 12.7. The molecule has 1 amide bonds. The van der Waals surface area contributed by atoms with Crippen LogP contribution in [0.3, 0.4) is 0 Å². The molecule has 5 heteroatoms. The molecule has 1 aliphatic rings. The van der Waals surface area contributed by atoms with Crippen molar-refractivity contribution in [2.45, 2.75) is 25.8 Å². The third-order valence-corrected chi connectivity index (χ3v) is 4.80. The highest BCUT2D eigenvalue weighted by Gasteiger charge is 2.30. The van der Waals surface area contributed by atoms with Crippen LogP contribution in [-0.4, -0.2) is 31.1 Å². The van der Waals surface area contributed by atoms with Crippen molar-refractivity contribution in [1.29, 1.82) is 0 Å². The number of ether oxygens (including phenoxy) is 2. The van der Waals surface area contributed by atoms with Gasteiger partial charge in [0, 0.05) is 11.6 Å². The Bertz CT molecular complexity index is 745. The van der Waals surface area contributed by atoms with Crippen LogP contribution in [0.2, 0.25) is 5.02 Å². The van der Waals surface area contributed by atoms with Crippen LogP contribution in [0.15, 0.2) is 42.5 Å². The van der Waals surface area contributed by atoms with Crippen molar-refractivity contribution in [3.05, 3.63) is 58.6 Å². The second-order valence-electron chi connectivity index (χ2n) is 6.22. The Labute approximate surface area is 153 Å². The van der Waals surface area contributed by atoms with Gasteiger partial charge in [-0.1, -0.05) is 23.7 Å². The molecule has 4 nitrogen and oxygen atoms in total. The summed E-state index contributed by atoms with van der Waals surface area (Å²) in [7, 11) is 1.65. The maximum absolute atomic E-state index is 12.7. The predicted octanol–water partition coefficient (Wildman–Crippen LogP) is 4.40. The van der Waals surface area contributed by atoms with E-state index in [-0.39, 0.29) is 18.6 Å². The van der Waals surface area contributed by atoms with Crippen LogP contribution >= 0.6 is 11.6 Å². The maximum Gasteiger partial charge on any atom is 0.261 e. The molecule has 0 aliphatic carbocycles. The molecular weight excluding hydrogens is 338 g/mol. The number of nitrogens with zero attached hydrogens (tertiary/aromatic N) is 1. The number of halogens is 1. The number of likely N-dealkylation sites (tertiary alicyclic amines) is 1. The molecule has 0 spiro atoms. The monoisotopic (exact) mass is 359 g/mol. The molecule has 25 heavy (non-hydrogen) atoms. The fourth-order valence-electron chi connectivity index (χ4n) is 3.24. The predicted molar refractivity (Wildman–Crippen MR) is 98.4 cm³/mol. The van der Waals surface area contributed by atoms with Crippen LogP contribution in [0.25, 0.3) is 0 Å². The summed E-state index contributed by atoms with van der Waals surface area (Å²) in [6.07, 6.45) is 1.97. The third kappa shape index (κ3) is 4.07. The summed E-state index contributed by atoms with van der Waals surface area (Å²) in [4.78, 5) is 14.6. The molecule has 3 rings (SSSR count). The molecule has 1 saturated heterocycles. The van der Waals surface area contributed by atoms with E-state index in [9.17, 15) is 4.79 Å². The Morgan fingerprint density at radius 2 is 2.00 bits per heavy atom. The normalized spacial score (nSPS) is 16.8. The van der Waals surface area contributed by atoms with Crippen LogP contribution < -0.4 is 9.47 Å². The Hall–Kier alpha value is -2.20. The van der Waals surface area contributed by atoms with Gasteiger partial charge in [-0.15, -0.1) is 0 Å². The van der Waals surface area contributed by atoms with Crippen molar-refractivity contribution in [3.8, 4) is 11.5 Å². The molecule has 0 bridgehead atoms. The number of hydrogen-bond donors (Lipinski definition) is 0. The molecule has 1 aliphatic heterocycles. The fourth-order valence-corrected chi connectivity index (χ4v) is 3.46. The largest absolute Gasteiger partial charge is 0.497 e. The molecule has 2 aromatic carbocycles. The zero-order chi connectivity index (χ0) is 17.8. The number of rotatable bonds is 5. The quantitative estimate of drug-likeness (QED) is 0.794. The van der Waals surface area contributed by atoms with Crippen molar-refractivity contribution in [1.82, 2.24) is 4.90 Å². The lowest BCUT2D eigenvalue weighted by molar-refractivity contribution is -0.134. The molecule has 0 aromatic heterocycles. The second-order valence-corrected chi connectivity index (χ2v) is 6.65. The van der Waals surface area contributed by atoms with Crippen LogP contribution in [0, 0.1) is 6.92 Å². The van der Waals surface area contributed by atoms with Gasteiger partial charge in [0.25, 0.3) is 5.91 Å². The Morgan fingerprint density at radius 1 is 1.24 bits per heavy atom. The van der Waals surface area contributed by atoms with Gasteiger partial charge in [0.05, 0.1) is 13.2 Å². The molecule has 0 unspecified atom stereocenters. The number of benzene rings is 2. The van der Waals surface area contributed by atoms with E-state index in [1.807, 2.05) is 42.2 Å². The topological polar surface area (TPSA) is 38.8 Å². The first-order valence-corrected chi connectivity index (χ1v) is 8.78. The van der Waals surface area contributed by atoms with Crippen LogP contribution in [-0.2, 0) is 4.79 Å². The van der Waals surface area contributed by atoms with Crippen molar-refractivity contribution in [2.75, 3.05) is 20.3 Å². The molecule has 1 fully saturated rings. The van der Waals surface area contributed by atoms with E-state index < -0.39 is 0 Å². The molecule has 1 heterocycles. The molecular formula is C20H22ClNO3.